The molecule has 66 valence electrons. The second-order valence-electron chi connectivity index (χ2n) is 2.85. The Labute approximate surface area is 83.5 Å². The van der Waals surface area contributed by atoms with E-state index in [9.17, 15) is 4.79 Å². The van der Waals surface area contributed by atoms with Gasteiger partial charge in [-0.15, -0.1) is 0 Å². The summed E-state index contributed by atoms with van der Waals surface area (Å²) in [5, 5.41) is 4.07. The van der Waals surface area contributed by atoms with E-state index in [0.717, 1.165) is 21.8 Å². The van der Waals surface area contributed by atoms with Crippen molar-refractivity contribution < 1.29 is 4.79 Å². The zero-order chi connectivity index (χ0) is 9.42. The van der Waals surface area contributed by atoms with Crippen LogP contribution < -0.4 is 0 Å². The van der Waals surface area contributed by atoms with E-state index in [0.29, 0.717) is 5.69 Å². The molecular formula is C9H7BrN2O. The van der Waals surface area contributed by atoms with Crippen molar-refractivity contribution in [3.8, 4) is 0 Å². The lowest BCUT2D eigenvalue weighted by Crippen LogP contribution is -1.87. The van der Waals surface area contributed by atoms with Gasteiger partial charge in [-0.25, -0.2) is 4.52 Å². The molecule has 0 aromatic carbocycles. The Morgan fingerprint density at radius 2 is 2.38 bits per heavy atom. The lowest BCUT2D eigenvalue weighted by atomic mass is 10.3. The van der Waals surface area contributed by atoms with E-state index in [2.05, 4.69) is 21.0 Å². The van der Waals surface area contributed by atoms with Crippen LogP contribution in [0.15, 0.2) is 22.8 Å². The number of hydrogen-bond donors (Lipinski definition) is 0. The van der Waals surface area contributed by atoms with Gasteiger partial charge in [0.15, 0.2) is 6.29 Å². The van der Waals surface area contributed by atoms with E-state index < -0.39 is 0 Å². The second kappa shape index (κ2) is 2.96. The van der Waals surface area contributed by atoms with Gasteiger partial charge in [-0.3, -0.25) is 4.79 Å². The number of pyridine rings is 1. The average molecular weight is 239 g/mol. The fourth-order valence-corrected chi connectivity index (χ4v) is 1.68. The number of carbonyl (C=O) groups excluding carboxylic acids is 1. The molecule has 0 N–H and O–H groups in total. The zero-order valence-corrected chi connectivity index (χ0v) is 8.58. The van der Waals surface area contributed by atoms with Crippen molar-refractivity contribution in [2.75, 3.05) is 0 Å². The topological polar surface area (TPSA) is 34.4 Å². The Morgan fingerprint density at radius 3 is 3.08 bits per heavy atom. The predicted molar refractivity (Wildman–Crippen MR) is 53.0 cm³/mol. The number of carbonyl (C=O) groups is 1. The summed E-state index contributed by atoms with van der Waals surface area (Å²) in [6.45, 7) is 2.00. The normalized spacial score (nSPS) is 10.6. The van der Waals surface area contributed by atoms with E-state index in [1.54, 1.807) is 4.52 Å². The zero-order valence-electron chi connectivity index (χ0n) is 6.99. The molecular weight excluding hydrogens is 232 g/mol. The van der Waals surface area contributed by atoms with E-state index >= 15 is 0 Å². The molecule has 0 atom stereocenters. The molecule has 13 heavy (non-hydrogen) atoms. The van der Waals surface area contributed by atoms with Gasteiger partial charge in [-0.2, -0.15) is 5.10 Å². The molecule has 0 unspecified atom stereocenters. The van der Waals surface area contributed by atoms with Crippen LogP contribution in [0.5, 0.6) is 0 Å². The third-order valence-electron chi connectivity index (χ3n) is 1.87. The standard InChI is InChI=1S/C9H7BrN2O/c1-6-2-3-12-8(4-6)9(10)7(5-13)11-12/h2-5H,1H3. The van der Waals surface area contributed by atoms with E-state index in [-0.39, 0.29) is 0 Å². The molecule has 0 saturated heterocycles. The van der Waals surface area contributed by atoms with Gasteiger partial charge in [0.25, 0.3) is 0 Å². The van der Waals surface area contributed by atoms with E-state index in [4.69, 9.17) is 0 Å². The fraction of sp³-hybridized carbons (Fsp3) is 0.111. The maximum absolute atomic E-state index is 10.6. The highest BCUT2D eigenvalue weighted by Crippen LogP contribution is 2.21. The van der Waals surface area contributed by atoms with Gasteiger partial charge in [0.1, 0.15) is 5.69 Å². The van der Waals surface area contributed by atoms with Gasteiger partial charge in [-0.05, 0) is 40.5 Å². The molecule has 3 nitrogen and oxygen atoms in total. The van der Waals surface area contributed by atoms with Crippen molar-refractivity contribution in [3.63, 3.8) is 0 Å². The molecule has 0 radical (unpaired) electrons. The molecule has 0 bridgehead atoms. The van der Waals surface area contributed by atoms with Crippen molar-refractivity contribution in [3.05, 3.63) is 34.1 Å². The minimum absolute atomic E-state index is 0.436. The van der Waals surface area contributed by atoms with Crippen molar-refractivity contribution in [1.29, 1.82) is 0 Å². The molecule has 0 saturated carbocycles. The molecule has 0 fully saturated rings. The van der Waals surface area contributed by atoms with Gasteiger partial charge in [0.05, 0.1) is 9.99 Å². The quantitative estimate of drug-likeness (QED) is 0.715. The average Bonchev–Trinajstić information content (AvgIpc) is 2.44. The Kier molecular flexibility index (Phi) is 1.92. The number of nitrogens with zero attached hydrogens (tertiary/aromatic N) is 2. The van der Waals surface area contributed by atoms with Crippen LogP contribution in [-0.4, -0.2) is 15.9 Å². The van der Waals surface area contributed by atoms with Crippen LogP contribution in [0.3, 0.4) is 0 Å². The minimum atomic E-state index is 0.436. The molecule has 0 aliphatic heterocycles. The van der Waals surface area contributed by atoms with E-state index in [1.165, 1.54) is 0 Å². The van der Waals surface area contributed by atoms with Gasteiger partial charge < -0.3 is 0 Å². The van der Waals surface area contributed by atoms with Crippen molar-refractivity contribution in [1.82, 2.24) is 9.61 Å². The number of fused-ring (bicyclic) bond motifs is 1. The fourth-order valence-electron chi connectivity index (χ4n) is 1.22. The van der Waals surface area contributed by atoms with Crippen LogP contribution in [0.4, 0.5) is 0 Å². The first-order valence-electron chi connectivity index (χ1n) is 3.82. The number of aldehydes is 1. The van der Waals surface area contributed by atoms with Crippen LogP contribution in [0.1, 0.15) is 16.1 Å². The summed E-state index contributed by atoms with van der Waals surface area (Å²) < 4.78 is 2.44. The lowest BCUT2D eigenvalue weighted by Gasteiger charge is -1.93. The molecule has 0 amide bonds. The summed E-state index contributed by atoms with van der Waals surface area (Å²) >= 11 is 3.33. The molecule has 2 rings (SSSR count). The predicted octanol–water partition coefficient (Wildman–Crippen LogP) is 2.22. The third-order valence-corrected chi connectivity index (χ3v) is 2.68. The lowest BCUT2D eigenvalue weighted by molar-refractivity contribution is 0.111. The summed E-state index contributed by atoms with van der Waals surface area (Å²) in [6.07, 6.45) is 2.58. The monoisotopic (exact) mass is 238 g/mol. The summed E-state index contributed by atoms with van der Waals surface area (Å²) in [5.41, 5.74) is 2.50. The first-order valence-corrected chi connectivity index (χ1v) is 4.61. The van der Waals surface area contributed by atoms with Gasteiger partial charge in [-0.1, -0.05) is 0 Å². The first kappa shape index (κ1) is 8.44. The molecule has 0 aliphatic carbocycles. The van der Waals surface area contributed by atoms with Crippen molar-refractivity contribution >= 4 is 27.7 Å². The number of hydrogen-bond acceptors (Lipinski definition) is 2. The highest BCUT2D eigenvalue weighted by molar-refractivity contribution is 9.10. The largest absolute Gasteiger partial charge is 0.296 e. The molecule has 2 aromatic heterocycles. The third kappa shape index (κ3) is 1.27. The van der Waals surface area contributed by atoms with Crippen molar-refractivity contribution in [2.24, 2.45) is 0 Å². The molecule has 2 heterocycles. The SMILES string of the molecule is Cc1ccn2nc(C=O)c(Br)c2c1. The van der Waals surface area contributed by atoms with Crippen LogP contribution >= 0.6 is 15.9 Å². The Balaban J connectivity index is 2.84. The van der Waals surface area contributed by atoms with Gasteiger partial charge in [0.2, 0.25) is 0 Å². The van der Waals surface area contributed by atoms with Crippen LogP contribution in [0, 0.1) is 6.92 Å². The van der Waals surface area contributed by atoms with Gasteiger partial charge >= 0.3 is 0 Å². The minimum Gasteiger partial charge on any atom is -0.296 e. The van der Waals surface area contributed by atoms with Gasteiger partial charge in [0, 0.05) is 6.20 Å². The van der Waals surface area contributed by atoms with Crippen LogP contribution in [0.25, 0.3) is 5.52 Å². The highest BCUT2D eigenvalue weighted by atomic mass is 79.9. The Morgan fingerprint density at radius 1 is 1.62 bits per heavy atom. The summed E-state index contributed by atoms with van der Waals surface area (Å²) in [5.74, 6) is 0. The summed E-state index contributed by atoms with van der Waals surface area (Å²) in [4.78, 5) is 10.6. The molecule has 0 aliphatic rings. The van der Waals surface area contributed by atoms with Crippen LogP contribution in [-0.2, 0) is 0 Å². The number of aromatic nitrogens is 2. The number of rotatable bonds is 1. The van der Waals surface area contributed by atoms with E-state index in [1.807, 2.05) is 25.3 Å². The number of halogens is 1. The smallest absolute Gasteiger partial charge is 0.171 e. The Hall–Kier alpha value is -1.16. The molecule has 0 spiro atoms. The highest BCUT2D eigenvalue weighted by Gasteiger charge is 2.08. The summed E-state index contributed by atoms with van der Waals surface area (Å²) in [6, 6.07) is 3.92. The Bertz CT molecular complexity index is 476. The van der Waals surface area contributed by atoms with Crippen molar-refractivity contribution in [2.45, 2.75) is 6.92 Å². The maximum atomic E-state index is 10.6. The first-order chi connectivity index (χ1) is 6.22. The molecule has 2 aromatic rings. The second-order valence-corrected chi connectivity index (χ2v) is 3.64. The van der Waals surface area contributed by atoms with Crippen LogP contribution in [0.2, 0.25) is 0 Å². The molecule has 4 heteroatoms. The number of aryl methyl sites for hydroxylation is 1. The summed E-state index contributed by atoms with van der Waals surface area (Å²) in [7, 11) is 0. The maximum Gasteiger partial charge on any atom is 0.171 e.